The summed E-state index contributed by atoms with van der Waals surface area (Å²) in [6.07, 6.45) is -5.97. The molecule has 0 rings (SSSR count). The highest BCUT2D eigenvalue weighted by molar-refractivity contribution is 5.72. The highest BCUT2D eigenvalue weighted by atomic mass is 16.4. The van der Waals surface area contributed by atoms with E-state index < -0.39 is 37.7 Å². The maximum atomic E-state index is 10.5. The third kappa shape index (κ3) is 4.29. The van der Waals surface area contributed by atoms with Gasteiger partial charge in [0.15, 0.2) is 0 Å². The van der Waals surface area contributed by atoms with Gasteiger partial charge < -0.3 is 16.6 Å². The minimum absolute atomic E-state index is 0.615. The van der Waals surface area contributed by atoms with E-state index in [9.17, 15) is 4.79 Å². The number of carboxylic acids is 1. The standard InChI is InChI=1S/C6H14N2O2/c7-4-2-1-3-5(8)6(9)10/h5H,1-4,7-8H2,(H,9,10)/t5-/m1/s1/i1D2,2D2,5D. The van der Waals surface area contributed by atoms with E-state index in [2.05, 4.69) is 0 Å². The van der Waals surface area contributed by atoms with Crippen molar-refractivity contribution in [3.63, 3.8) is 0 Å². The Balaban J connectivity index is 4.86. The molecule has 0 saturated carbocycles. The Morgan fingerprint density at radius 1 is 1.80 bits per heavy atom. The highest BCUT2D eigenvalue weighted by Crippen LogP contribution is 1.96. The first kappa shape index (κ1) is 3.69. The molecular weight excluding hydrogens is 132 g/mol. The van der Waals surface area contributed by atoms with Gasteiger partial charge in [0, 0.05) is 5.48 Å². The highest BCUT2D eigenvalue weighted by Gasteiger charge is 2.09. The monoisotopic (exact) mass is 151 g/mol. The van der Waals surface area contributed by atoms with Crippen LogP contribution in [0.5, 0.6) is 0 Å². The molecule has 0 aliphatic carbocycles. The Labute approximate surface area is 67.2 Å². The molecule has 4 nitrogen and oxygen atoms in total. The zero-order valence-electron chi connectivity index (χ0n) is 10.4. The molecule has 60 valence electrons. The third-order valence-electron chi connectivity index (χ3n) is 0.781. The first-order chi connectivity index (χ1) is 6.46. The van der Waals surface area contributed by atoms with E-state index in [-0.39, 0.29) is 0 Å². The normalized spacial score (nSPS) is 26.4. The number of hydrogen-bond donors (Lipinski definition) is 3. The number of aliphatic carboxylic acids is 1. The summed E-state index contributed by atoms with van der Waals surface area (Å²) >= 11 is 0. The summed E-state index contributed by atoms with van der Waals surface area (Å²) < 4.78 is 36.2. The lowest BCUT2D eigenvalue weighted by atomic mass is 10.1. The van der Waals surface area contributed by atoms with Crippen LogP contribution < -0.4 is 11.5 Å². The maximum absolute atomic E-state index is 10.5. The van der Waals surface area contributed by atoms with Crippen molar-refractivity contribution in [2.45, 2.75) is 25.2 Å². The van der Waals surface area contributed by atoms with E-state index in [0.717, 1.165) is 0 Å². The van der Waals surface area contributed by atoms with Crippen LogP contribution in [0.4, 0.5) is 0 Å². The smallest absolute Gasteiger partial charge is 0.320 e. The molecule has 0 heterocycles. The summed E-state index contributed by atoms with van der Waals surface area (Å²) in [5, 5.41) is 8.51. The Kier molecular flexibility index (Phi) is 1.92. The first-order valence-electron chi connectivity index (χ1n) is 5.19. The fourth-order valence-corrected chi connectivity index (χ4v) is 0.306. The van der Waals surface area contributed by atoms with Crippen LogP contribution in [0.3, 0.4) is 0 Å². The third-order valence-corrected chi connectivity index (χ3v) is 0.781. The SMILES string of the molecule is [2H]C([2H])(CN)C([2H])([2H])C[C@@]([2H])(N)C(=O)O. The molecule has 0 bridgehead atoms. The van der Waals surface area contributed by atoms with Gasteiger partial charge in [0.05, 0.1) is 1.37 Å². The molecule has 0 fully saturated rings. The average Bonchev–Trinajstić information content (AvgIpc) is 2.01. The van der Waals surface area contributed by atoms with Crippen LogP contribution in [0.1, 0.15) is 26.0 Å². The predicted octanol–water partition coefficient (Wildman–Crippen LogP) is -0.473. The van der Waals surface area contributed by atoms with Crippen LogP contribution in [0.25, 0.3) is 0 Å². The largest absolute Gasteiger partial charge is 0.480 e. The molecule has 10 heavy (non-hydrogen) atoms. The topological polar surface area (TPSA) is 89.3 Å². The average molecular weight is 151 g/mol. The molecule has 0 spiro atoms. The molecule has 4 heteroatoms. The Morgan fingerprint density at radius 3 is 2.80 bits per heavy atom. The van der Waals surface area contributed by atoms with Gasteiger partial charge >= 0.3 is 5.97 Å². The summed E-state index contributed by atoms with van der Waals surface area (Å²) in [4.78, 5) is 10.5. The first-order valence-corrected chi connectivity index (χ1v) is 2.69. The lowest BCUT2D eigenvalue weighted by Crippen LogP contribution is -2.29. The van der Waals surface area contributed by atoms with Crippen molar-refractivity contribution in [2.24, 2.45) is 11.5 Å². The molecule has 0 amide bonds. The zero-order valence-corrected chi connectivity index (χ0v) is 5.42. The fraction of sp³-hybridized carbons (Fsp3) is 0.833. The maximum Gasteiger partial charge on any atom is 0.320 e. The van der Waals surface area contributed by atoms with Gasteiger partial charge in [-0.05, 0) is 19.3 Å². The number of nitrogens with two attached hydrogens (primary N) is 2. The van der Waals surface area contributed by atoms with Crippen LogP contribution in [-0.2, 0) is 4.79 Å². The van der Waals surface area contributed by atoms with Crippen LogP contribution in [0.15, 0.2) is 0 Å². The second kappa shape index (κ2) is 5.20. The molecule has 0 aromatic rings. The van der Waals surface area contributed by atoms with Crippen LogP contribution in [0.2, 0.25) is 0 Å². The van der Waals surface area contributed by atoms with Crippen molar-refractivity contribution in [3.8, 4) is 0 Å². The molecule has 0 radical (unpaired) electrons. The van der Waals surface area contributed by atoms with Crippen LogP contribution >= 0.6 is 0 Å². The summed E-state index contributed by atoms with van der Waals surface area (Å²) in [6, 6.07) is -2.56. The van der Waals surface area contributed by atoms with Crippen molar-refractivity contribution in [3.05, 3.63) is 0 Å². The second-order valence-corrected chi connectivity index (χ2v) is 1.56. The molecule has 0 aliphatic heterocycles. The second-order valence-electron chi connectivity index (χ2n) is 1.56. The van der Waals surface area contributed by atoms with Gasteiger partial charge in [0.25, 0.3) is 0 Å². The van der Waals surface area contributed by atoms with Gasteiger partial charge in [-0.3, -0.25) is 4.79 Å². The van der Waals surface area contributed by atoms with Gasteiger partial charge in [-0.1, -0.05) is 6.37 Å². The van der Waals surface area contributed by atoms with E-state index >= 15 is 0 Å². The molecule has 0 aromatic carbocycles. The van der Waals surface area contributed by atoms with Gasteiger partial charge in [-0.15, -0.1) is 0 Å². The van der Waals surface area contributed by atoms with E-state index in [1.165, 1.54) is 0 Å². The van der Waals surface area contributed by atoms with Crippen molar-refractivity contribution in [1.29, 1.82) is 0 Å². The summed E-state index contributed by atoms with van der Waals surface area (Å²) in [6.45, 7) is -0.615. The minimum Gasteiger partial charge on any atom is -0.480 e. The molecule has 0 unspecified atom stereocenters. The quantitative estimate of drug-likeness (QED) is 0.495. The number of carboxylic acid groups (broad SMARTS) is 1. The van der Waals surface area contributed by atoms with Gasteiger partial charge in [0.1, 0.15) is 6.02 Å². The Hall–Kier alpha value is -0.610. The molecule has 1 atom stereocenters. The molecular formula is C6H14N2O2. The lowest BCUT2D eigenvalue weighted by Gasteiger charge is -2.03. The lowest BCUT2D eigenvalue weighted by molar-refractivity contribution is -0.138. The van der Waals surface area contributed by atoms with Crippen molar-refractivity contribution in [2.75, 3.05) is 6.54 Å². The fourth-order valence-electron chi connectivity index (χ4n) is 0.306. The van der Waals surface area contributed by atoms with Crippen molar-refractivity contribution in [1.82, 2.24) is 0 Å². The van der Waals surface area contributed by atoms with E-state index in [1.807, 2.05) is 0 Å². The number of carbonyl (C=O) groups is 1. The number of rotatable bonds is 5. The summed E-state index contributed by atoms with van der Waals surface area (Å²) in [7, 11) is 0. The summed E-state index contributed by atoms with van der Waals surface area (Å²) in [5.74, 6) is -1.71. The van der Waals surface area contributed by atoms with Gasteiger partial charge in [-0.2, -0.15) is 0 Å². The minimum atomic E-state index is -2.57. The van der Waals surface area contributed by atoms with E-state index in [1.54, 1.807) is 0 Å². The Bertz CT molecular complexity index is 256. The molecule has 0 aliphatic rings. The van der Waals surface area contributed by atoms with E-state index in [0.29, 0.717) is 0 Å². The zero-order chi connectivity index (χ0) is 12.5. The van der Waals surface area contributed by atoms with Crippen molar-refractivity contribution >= 4 is 5.97 Å². The Morgan fingerprint density at radius 2 is 2.40 bits per heavy atom. The van der Waals surface area contributed by atoms with Crippen LogP contribution in [0, 0.1) is 0 Å². The number of hydrogen-bond acceptors (Lipinski definition) is 3. The van der Waals surface area contributed by atoms with E-state index in [4.69, 9.17) is 23.4 Å². The van der Waals surface area contributed by atoms with Gasteiger partial charge in [0.2, 0.25) is 0 Å². The molecule has 0 saturated heterocycles. The molecule has 0 aromatic heterocycles. The molecule has 5 N–H and O–H groups in total. The van der Waals surface area contributed by atoms with Crippen molar-refractivity contribution < 1.29 is 16.8 Å². The van der Waals surface area contributed by atoms with Gasteiger partial charge in [-0.25, -0.2) is 0 Å². The summed E-state index contributed by atoms with van der Waals surface area (Å²) in [5.41, 5.74) is 10.0. The predicted molar refractivity (Wildman–Crippen MR) is 38.5 cm³/mol. The van der Waals surface area contributed by atoms with Crippen LogP contribution in [-0.4, -0.2) is 23.6 Å².